The molecule has 0 fully saturated rings. The Balaban J connectivity index is 1.59. The number of nitro benzene ring substituents is 1. The van der Waals surface area contributed by atoms with Crippen LogP contribution in [0.2, 0.25) is 0 Å². The number of thiophene rings is 1. The van der Waals surface area contributed by atoms with Crippen molar-refractivity contribution in [3.05, 3.63) is 105 Å². The van der Waals surface area contributed by atoms with Gasteiger partial charge in [-0.1, -0.05) is 17.4 Å². The van der Waals surface area contributed by atoms with Crippen LogP contribution < -0.4 is 14.9 Å². The van der Waals surface area contributed by atoms with E-state index in [0.717, 1.165) is 10.4 Å². The molecule has 0 N–H and O–H groups in total. The molecule has 5 rings (SSSR count). The summed E-state index contributed by atoms with van der Waals surface area (Å²) in [6, 6.07) is 11.2. The van der Waals surface area contributed by atoms with Gasteiger partial charge in [0.05, 0.1) is 27.3 Å². The summed E-state index contributed by atoms with van der Waals surface area (Å²) in [5.74, 6) is 0.487. The average molecular weight is 536 g/mol. The zero-order chi connectivity index (χ0) is 26.3. The molecule has 0 spiro atoms. The summed E-state index contributed by atoms with van der Waals surface area (Å²) in [5, 5.41) is 12.9. The maximum atomic E-state index is 13.6. The molecule has 1 atom stereocenters. The third-order valence-corrected chi connectivity index (χ3v) is 7.82. The van der Waals surface area contributed by atoms with Gasteiger partial charge in [-0.25, -0.2) is 9.79 Å². The number of aromatic nitrogens is 1. The minimum atomic E-state index is -0.632. The molecule has 0 amide bonds. The smallest absolute Gasteiger partial charge is 0.338 e. The molecule has 9 nitrogen and oxygen atoms in total. The van der Waals surface area contributed by atoms with Crippen molar-refractivity contribution >= 4 is 40.4 Å². The molecule has 0 saturated heterocycles. The number of allylic oxidation sites excluding steroid dienone is 1. The SMILES string of the molecule is CCOC(=O)C1=C(C)N=c2s/c(=C/c3ccc(-c4ccc([N+](=O)[O-])cc4C)o3)c(=O)n2[C@@H]1c1cccs1. The Labute approximate surface area is 218 Å². The van der Waals surface area contributed by atoms with Gasteiger partial charge in [-0.2, -0.15) is 0 Å². The highest BCUT2D eigenvalue weighted by Crippen LogP contribution is 2.33. The number of hydrogen-bond donors (Lipinski definition) is 0. The van der Waals surface area contributed by atoms with Gasteiger partial charge in [0.15, 0.2) is 4.80 Å². The summed E-state index contributed by atoms with van der Waals surface area (Å²) in [6.45, 7) is 5.47. The molecule has 0 unspecified atom stereocenters. The van der Waals surface area contributed by atoms with Crippen LogP contribution in [0.25, 0.3) is 17.4 Å². The number of carbonyl (C=O) groups is 1. The third kappa shape index (κ3) is 4.47. The Kier molecular flexibility index (Phi) is 6.48. The first-order chi connectivity index (χ1) is 17.8. The topological polar surface area (TPSA) is 117 Å². The number of hydrogen-bond acceptors (Lipinski definition) is 9. The molecule has 37 heavy (non-hydrogen) atoms. The molecule has 4 aromatic rings. The molecule has 0 radical (unpaired) electrons. The molecular weight excluding hydrogens is 514 g/mol. The van der Waals surface area contributed by atoms with Crippen LogP contribution in [0.5, 0.6) is 0 Å². The van der Waals surface area contributed by atoms with Crippen molar-refractivity contribution < 1.29 is 18.9 Å². The third-order valence-electron chi connectivity index (χ3n) is 5.92. The van der Waals surface area contributed by atoms with Gasteiger partial charge in [0, 0.05) is 28.6 Å². The fraction of sp³-hybridized carbons (Fsp3) is 0.192. The van der Waals surface area contributed by atoms with E-state index in [0.29, 0.717) is 37.7 Å². The largest absolute Gasteiger partial charge is 0.463 e. The normalized spacial score (nSPS) is 15.4. The first kappa shape index (κ1) is 24.6. The summed E-state index contributed by atoms with van der Waals surface area (Å²) in [5.41, 5.74) is 2.00. The highest BCUT2D eigenvalue weighted by Gasteiger charge is 2.33. The lowest BCUT2D eigenvalue weighted by molar-refractivity contribution is -0.384. The highest BCUT2D eigenvalue weighted by molar-refractivity contribution is 7.10. The van der Waals surface area contributed by atoms with Crippen molar-refractivity contribution in [2.24, 2.45) is 4.99 Å². The Hall–Kier alpha value is -4.09. The number of nitrogens with zero attached hydrogens (tertiary/aromatic N) is 3. The highest BCUT2D eigenvalue weighted by atomic mass is 32.1. The predicted molar refractivity (Wildman–Crippen MR) is 140 cm³/mol. The number of non-ortho nitro benzene ring substituents is 1. The molecule has 3 aromatic heterocycles. The fourth-order valence-electron chi connectivity index (χ4n) is 4.25. The van der Waals surface area contributed by atoms with Gasteiger partial charge in [0.1, 0.15) is 17.6 Å². The Morgan fingerprint density at radius 3 is 2.76 bits per heavy atom. The van der Waals surface area contributed by atoms with Crippen molar-refractivity contribution in [1.29, 1.82) is 0 Å². The second kappa shape index (κ2) is 9.75. The van der Waals surface area contributed by atoms with E-state index in [2.05, 4.69) is 4.99 Å². The first-order valence-corrected chi connectivity index (χ1v) is 13.1. The fourth-order valence-corrected chi connectivity index (χ4v) is 6.10. The van der Waals surface area contributed by atoms with Crippen molar-refractivity contribution in [3.8, 4) is 11.3 Å². The van der Waals surface area contributed by atoms with Crippen molar-refractivity contribution in [2.75, 3.05) is 6.61 Å². The molecule has 0 bridgehead atoms. The zero-order valence-electron chi connectivity index (χ0n) is 20.1. The Morgan fingerprint density at radius 1 is 1.27 bits per heavy atom. The first-order valence-electron chi connectivity index (χ1n) is 11.4. The van der Waals surface area contributed by atoms with Gasteiger partial charge in [-0.05, 0) is 56.0 Å². The van der Waals surface area contributed by atoms with Gasteiger partial charge in [0.25, 0.3) is 11.2 Å². The maximum absolute atomic E-state index is 13.6. The lowest BCUT2D eigenvalue weighted by atomic mass is 10.0. The van der Waals surface area contributed by atoms with Gasteiger partial charge in [-0.3, -0.25) is 19.5 Å². The van der Waals surface area contributed by atoms with Crippen LogP contribution in [0.15, 0.2) is 73.3 Å². The van der Waals surface area contributed by atoms with Crippen LogP contribution >= 0.6 is 22.7 Å². The second-order valence-electron chi connectivity index (χ2n) is 8.28. The van der Waals surface area contributed by atoms with E-state index in [1.807, 2.05) is 17.5 Å². The van der Waals surface area contributed by atoms with Gasteiger partial charge < -0.3 is 9.15 Å². The minimum absolute atomic E-state index is 0.00640. The summed E-state index contributed by atoms with van der Waals surface area (Å²) >= 11 is 2.67. The van der Waals surface area contributed by atoms with Crippen molar-refractivity contribution in [2.45, 2.75) is 26.8 Å². The number of fused-ring (bicyclic) bond motifs is 1. The van der Waals surface area contributed by atoms with E-state index >= 15 is 0 Å². The molecule has 0 saturated carbocycles. The molecule has 1 aromatic carbocycles. The Bertz CT molecular complexity index is 1740. The van der Waals surface area contributed by atoms with E-state index < -0.39 is 16.9 Å². The molecule has 0 aliphatic carbocycles. The molecule has 11 heteroatoms. The van der Waals surface area contributed by atoms with Gasteiger partial charge in [-0.15, -0.1) is 11.3 Å². The lowest BCUT2D eigenvalue weighted by Gasteiger charge is -2.23. The van der Waals surface area contributed by atoms with Crippen molar-refractivity contribution in [3.63, 3.8) is 0 Å². The van der Waals surface area contributed by atoms with Gasteiger partial charge >= 0.3 is 5.97 Å². The molecular formula is C26H21N3O6S2. The van der Waals surface area contributed by atoms with Crippen LogP contribution in [-0.2, 0) is 9.53 Å². The second-order valence-corrected chi connectivity index (χ2v) is 10.3. The number of esters is 1. The van der Waals surface area contributed by atoms with Crippen LogP contribution in [0.3, 0.4) is 0 Å². The number of ether oxygens (including phenoxy) is 1. The van der Waals surface area contributed by atoms with Crippen LogP contribution in [0, 0.1) is 17.0 Å². The molecule has 1 aliphatic rings. The Morgan fingerprint density at radius 2 is 2.08 bits per heavy atom. The van der Waals surface area contributed by atoms with Crippen LogP contribution in [-0.4, -0.2) is 22.1 Å². The summed E-state index contributed by atoms with van der Waals surface area (Å²) < 4.78 is 13.2. The van der Waals surface area contributed by atoms with Crippen molar-refractivity contribution in [1.82, 2.24) is 4.57 Å². The van der Waals surface area contributed by atoms with Crippen LogP contribution in [0.1, 0.15) is 36.1 Å². The monoisotopic (exact) mass is 535 g/mol. The van der Waals surface area contributed by atoms with E-state index in [1.165, 1.54) is 39.4 Å². The number of benzene rings is 1. The number of carbonyl (C=O) groups excluding carboxylic acids is 1. The number of furan rings is 1. The quantitative estimate of drug-likeness (QED) is 0.206. The molecule has 1 aliphatic heterocycles. The maximum Gasteiger partial charge on any atom is 0.338 e. The lowest BCUT2D eigenvalue weighted by Crippen LogP contribution is -2.39. The van der Waals surface area contributed by atoms with E-state index in [-0.39, 0.29) is 17.9 Å². The minimum Gasteiger partial charge on any atom is -0.463 e. The van der Waals surface area contributed by atoms with E-state index in [9.17, 15) is 19.7 Å². The number of thiazole rings is 1. The number of aryl methyl sites for hydroxylation is 1. The zero-order valence-corrected chi connectivity index (χ0v) is 21.7. The van der Waals surface area contributed by atoms with E-state index in [1.54, 1.807) is 45.0 Å². The molecule has 4 heterocycles. The summed E-state index contributed by atoms with van der Waals surface area (Å²) in [6.07, 6.45) is 1.64. The number of nitro groups is 1. The molecule has 188 valence electrons. The van der Waals surface area contributed by atoms with Crippen LogP contribution in [0.4, 0.5) is 5.69 Å². The summed E-state index contributed by atoms with van der Waals surface area (Å²) in [4.78, 5) is 42.9. The predicted octanol–water partition coefficient (Wildman–Crippen LogP) is 4.34. The summed E-state index contributed by atoms with van der Waals surface area (Å²) in [7, 11) is 0. The van der Waals surface area contributed by atoms with E-state index in [4.69, 9.17) is 9.15 Å². The average Bonchev–Trinajstić information content (AvgIpc) is 3.60. The standard InChI is InChI=1S/C26H21N3O6S2/c1-4-34-25(31)22-15(3)27-26-28(23(22)20-6-5-11-36-20)24(30)21(37-26)13-17-8-10-19(35-17)18-9-7-16(29(32)33)12-14(18)2/h5-13,23H,4H2,1-3H3/b21-13+/t23-/m1/s1. The van der Waals surface area contributed by atoms with Gasteiger partial charge in [0.2, 0.25) is 0 Å². The number of rotatable bonds is 6.